The number of thioether (sulfide) groups is 1. The van der Waals surface area contributed by atoms with Crippen molar-refractivity contribution in [1.29, 1.82) is 0 Å². The van der Waals surface area contributed by atoms with Crippen LogP contribution in [0.3, 0.4) is 0 Å². The van der Waals surface area contributed by atoms with E-state index in [2.05, 4.69) is 0 Å². The Morgan fingerprint density at radius 1 is 1.53 bits per heavy atom. The molecule has 90 valence electrons. The van der Waals surface area contributed by atoms with Crippen LogP contribution in [0.15, 0.2) is 0 Å². The van der Waals surface area contributed by atoms with Gasteiger partial charge in [0.2, 0.25) is 5.91 Å². The van der Waals surface area contributed by atoms with Gasteiger partial charge < -0.3 is 11.1 Å². The van der Waals surface area contributed by atoms with E-state index >= 15 is 0 Å². The van der Waals surface area contributed by atoms with Gasteiger partial charge in [-0.2, -0.15) is 24.9 Å². The zero-order valence-electron chi connectivity index (χ0n) is 8.43. The van der Waals surface area contributed by atoms with Crippen LogP contribution in [0, 0.1) is 0 Å². The summed E-state index contributed by atoms with van der Waals surface area (Å²) in [4.78, 5) is 10.9. The van der Waals surface area contributed by atoms with Crippen molar-refractivity contribution in [2.75, 3.05) is 18.1 Å². The fourth-order valence-electron chi connectivity index (χ4n) is 0.684. The number of alkyl halides is 3. The molecule has 0 fully saturated rings. The zero-order chi connectivity index (χ0) is 11.9. The van der Waals surface area contributed by atoms with Crippen molar-refractivity contribution in [3.05, 3.63) is 0 Å². The lowest BCUT2D eigenvalue weighted by Crippen LogP contribution is -2.34. The highest BCUT2D eigenvalue weighted by atomic mass is 32.2. The van der Waals surface area contributed by atoms with E-state index in [0.717, 1.165) is 6.42 Å². The van der Waals surface area contributed by atoms with E-state index in [1.54, 1.807) is 5.32 Å². The van der Waals surface area contributed by atoms with Crippen molar-refractivity contribution in [1.82, 2.24) is 5.32 Å². The Balaban J connectivity index is 3.42. The Bertz CT molecular complexity index is 197. The first-order chi connectivity index (χ1) is 6.81. The fraction of sp³-hybridized carbons (Fsp3) is 0.875. The van der Waals surface area contributed by atoms with E-state index < -0.39 is 18.6 Å². The second-order valence-electron chi connectivity index (χ2n) is 3.21. The molecule has 1 amide bonds. The molecule has 1 atom stereocenters. The first-order valence-corrected chi connectivity index (χ1v) is 5.63. The molecule has 1 unspecified atom stereocenters. The van der Waals surface area contributed by atoms with Crippen LogP contribution in [0.4, 0.5) is 13.2 Å². The summed E-state index contributed by atoms with van der Waals surface area (Å²) in [5.74, 6) is 0.127. The number of hydrogen-bond donors (Lipinski definition) is 2. The third-order valence-corrected chi connectivity index (χ3v) is 2.43. The van der Waals surface area contributed by atoms with Gasteiger partial charge in [-0.15, -0.1) is 0 Å². The minimum absolute atomic E-state index is 0.0444. The molecule has 0 saturated heterocycles. The molecule has 0 aliphatic carbocycles. The quantitative estimate of drug-likeness (QED) is 0.689. The molecular formula is C8H15F3N2OS. The van der Waals surface area contributed by atoms with E-state index in [4.69, 9.17) is 5.73 Å². The van der Waals surface area contributed by atoms with Crippen molar-refractivity contribution in [3.63, 3.8) is 0 Å². The van der Waals surface area contributed by atoms with Gasteiger partial charge in [-0.3, -0.25) is 4.79 Å². The topological polar surface area (TPSA) is 55.1 Å². The third-order valence-electron chi connectivity index (χ3n) is 1.44. The fourth-order valence-corrected chi connectivity index (χ4v) is 1.65. The molecule has 3 nitrogen and oxygen atoms in total. The Morgan fingerprint density at radius 3 is 2.60 bits per heavy atom. The lowest BCUT2D eigenvalue weighted by atomic mass is 10.3. The average Bonchev–Trinajstić information content (AvgIpc) is 2.07. The molecule has 0 radical (unpaired) electrons. The summed E-state index contributed by atoms with van der Waals surface area (Å²) >= 11 is 1.28. The predicted molar refractivity (Wildman–Crippen MR) is 54.7 cm³/mol. The summed E-state index contributed by atoms with van der Waals surface area (Å²) in [5, 5.41) is 1.79. The van der Waals surface area contributed by atoms with Crippen LogP contribution in [0.1, 0.15) is 13.3 Å². The van der Waals surface area contributed by atoms with Crippen LogP contribution < -0.4 is 11.1 Å². The van der Waals surface area contributed by atoms with E-state index in [1.807, 2.05) is 6.92 Å². The first-order valence-electron chi connectivity index (χ1n) is 4.48. The molecule has 0 aromatic carbocycles. The van der Waals surface area contributed by atoms with E-state index in [0.29, 0.717) is 5.75 Å². The second kappa shape index (κ2) is 6.95. The number of rotatable bonds is 6. The van der Waals surface area contributed by atoms with Gasteiger partial charge in [0, 0.05) is 6.04 Å². The highest BCUT2D eigenvalue weighted by molar-refractivity contribution is 7.99. The van der Waals surface area contributed by atoms with Gasteiger partial charge in [0.25, 0.3) is 0 Å². The Morgan fingerprint density at radius 2 is 2.13 bits per heavy atom. The van der Waals surface area contributed by atoms with Gasteiger partial charge >= 0.3 is 6.18 Å². The molecule has 15 heavy (non-hydrogen) atoms. The predicted octanol–water partition coefficient (Wildman–Crippen LogP) is 1.14. The normalized spacial score (nSPS) is 13.7. The minimum Gasteiger partial charge on any atom is -0.346 e. The molecule has 3 N–H and O–H groups in total. The van der Waals surface area contributed by atoms with Crippen LogP contribution in [0.25, 0.3) is 0 Å². The van der Waals surface area contributed by atoms with Crippen LogP contribution in [0.2, 0.25) is 0 Å². The van der Waals surface area contributed by atoms with E-state index in [-0.39, 0.29) is 11.8 Å². The largest absolute Gasteiger partial charge is 0.405 e. The lowest BCUT2D eigenvalue weighted by Gasteiger charge is -2.08. The van der Waals surface area contributed by atoms with Gasteiger partial charge in [-0.1, -0.05) is 0 Å². The third kappa shape index (κ3) is 11.5. The van der Waals surface area contributed by atoms with Crippen LogP contribution in [-0.2, 0) is 4.79 Å². The number of carbonyl (C=O) groups excluding carboxylic acids is 1. The second-order valence-corrected chi connectivity index (χ2v) is 4.32. The van der Waals surface area contributed by atoms with Crippen molar-refractivity contribution in [2.24, 2.45) is 5.73 Å². The smallest absolute Gasteiger partial charge is 0.346 e. The Kier molecular flexibility index (Phi) is 6.75. The molecule has 0 bridgehead atoms. The maximum atomic E-state index is 11.7. The number of carbonyl (C=O) groups is 1. The summed E-state index contributed by atoms with van der Waals surface area (Å²) in [5.41, 5.74) is 5.46. The summed E-state index contributed by atoms with van der Waals surface area (Å²) in [6, 6.07) is 0.0516. The SMILES string of the molecule is CC(N)CCSCC(=O)NCC(F)(F)F. The molecule has 0 spiro atoms. The maximum Gasteiger partial charge on any atom is 0.405 e. The summed E-state index contributed by atoms with van der Waals surface area (Å²) < 4.78 is 35.0. The van der Waals surface area contributed by atoms with Crippen molar-refractivity contribution in [2.45, 2.75) is 25.6 Å². The Hall–Kier alpha value is -0.430. The first kappa shape index (κ1) is 14.6. The zero-order valence-corrected chi connectivity index (χ0v) is 9.25. The highest BCUT2D eigenvalue weighted by Crippen LogP contribution is 2.12. The van der Waals surface area contributed by atoms with Crippen molar-refractivity contribution >= 4 is 17.7 Å². The molecule has 0 aromatic heterocycles. The van der Waals surface area contributed by atoms with Crippen molar-refractivity contribution in [3.8, 4) is 0 Å². The standard InChI is InChI=1S/C8H15F3N2OS/c1-6(12)2-3-15-4-7(14)13-5-8(9,10)11/h6H,2-5,12H2,1H3,(H,13,14). The highest BCUT2D eigenvalue weighted by Gasteiger charge is 2.27. The van der Waals surface area contributed by atoms with Gasteiger partial charge in [0.05, 0.1) is 5.75 Å². The van der Waals surface area contributed by atoms with E-state index in [1.165, 1.54) is 11.8 Å². The lowest BCUT2D eigenvalue weighted by molar-refractivity contribution is -0.136. The summed E-state index contributed by atoms with van der Waals surface area (Å²) in [7, 11) is 0. The van der Waals surface area contributed by atoms with Gasteiger partial charge in [0.15, 0.2) is 0 Å². The molecule has 7 heteroatoms. The molecular weight excluding hydrogens is 229 g/mol. The number of amides is 1. The van der Waals surface area contributed by atoms with Gasteiger partial charge in [-0.05, 0) is 19.1 Å². The summed E-state index contributed by atoms with van der Waals surface area (Å²) in [6.07, 6.45) is -3.59. The maximum absolute atomic E-state index is 11.7. The number of halogens is 3. The molecule has 0 aliphatic heterocycles. The molecule has 0 heterocycles. The summed E-state index contributed by atoms with van der Waals surface area (Å²) in [6.45, 7) is 0.573. The van der Waals surface area contributed by atoms with Gasteiger partial charge in [0.1, 0.15) is 6.54 Å². The molecule has 0 saturated carbocycles. The number of nitrogens with one attached hydrogen (secondary N) is 1. The number of nitrogens with two attached hydrogens (primary N) is 1. The van der Waals surface area contributed by atoms with Crippen molar-refractivity contribution < 1.29 is 18.0 Å². The minimum atomic E-state index is -4.34. The van der Waals surface area contributed by atoms with Crippen LogP contribution in [0.5, 0.6) is 0 Å². The molecule has 0 aliphatic rings. The van der Waals surface area contributed by atoms with Crippen LogP contribution in [-0.4, -0.2) is 36.2 Å². The monoisotopic (exact) mass is 244 g/mol. The number of hydrogen-bond acceptors (Lipinski definition) is 3. The molecule has 0 rings (SSSR count). The Labute approximate surface area is 91.0 Å². The molecule has 0 aromatic rings. The average molecular weight is 244 g/mol. The van der Waals surface area contributed by atoms with E-state index in [9.17, 15) is 18.0 Å². The van der Waals surface area contributed by atoms with Crippen LogP contribution >= 0.6 is 11.8 Å². The van der Waals surface area contributed by atoms with Gasteiger partial charge in [-0.25, -0.2) is 0 Å².